The van der Waals surface area contributed by atoms with Crippen LogP contribution in [0.4, 0.5) is 0 Å². The minimum absolute atomic E-state index is 0.467. The fraction of sp³-hybridized carbons (Fsp3) is 0.462. The van der Waals surface area contributed by atoms with Crippen LogP contribution in [0, 0.1) is 11.3 Å². The van der Waals surface area contributed by atoms with Gasteiger partial charge >= 0.3 is 0 Å². The number of rotatable bonds is 5. The van der Waals surface area contributed by atoms with Gasteiger partial charge < -0.3 is 0 Å². The molecular weight excluding hydrogens is 252 g/mol. The molecule has 4 heteroatoms. The Morgan fingerprint density at radius 3 is 2.82 bits per heavy atom. The van der Waals surface area contributed by atoms with Crippen molar-refractivity contribution in [3.63, 3.8) is 0 Å². The Labute approximate surface area is 111 Å². The molecular formula is C13H15ClN2S. The Morgan fingerprint density at radius 2 is 2.24 bits per heavy atom. The number of nitriles is 1. The Balaban J connectivity index is 1.96. The number of halogens is 1. The highest BCUT2D eigenvalue weighted by Gasteiger charge is 2.32. The first kappa shape index (κ1) is 12.8. The van der Waals surface area contributed by atoms with E-state index >= 15 is 0 Å². The summed E-state index contributed by atoms with van der Waals surface area (Å²) < 4.78 is 0. The van der Waals surface area contributed by atoms with Gasteiger partial charge in [-0.1, -0.05) is 23.7 Å². The van der Waals surface area contributed by atoms with Crippen LogP contribution in [-0.4, -0.2) is 17.3 Å². The van der Waals surface area contributed by atoms with Crippen molar-refractivity contribution in [2.45, 2.75) is 36.2 Å². The van der Waals surface area contributed by atoms with Gasteiger partial charge in [0.15, 0.2) is 0 Å². The zero-order chi connectivity index (χ0) is 12.3. The molecule has 2 nitrogen and oxygen atoms in total. The monoisotopic (exact) mass is 266 g/mol. The minimum atomic E-state index is -0.467. The predicted molar refractivity (Wildman–Crippen MR) is 72.4 cm³/mol. The van der Waals surface area contributed by atoms with E-state index in [0.717, 1.165) is 9.92 Å². The summed E-state index contributed by atoms with van der Waals surface area (Å²) in [5.74, 6) is 0.712. The van der Waals surface area contributed by atoms with Gasteiger partial charge in [-0.15, -0.1) is 11.8 Å². The van der Waals surface area contributed by atoms with Gasteiger partial charge in [-0.3, -0.25) is 5.32 Å². The van der Waals surface area contributed by atoms with E-state index in [-0.39, 0.29) is 0 Å². The summed E-state index contributed by atoms with van der Waals surface area (Å²) in [7, 11) is 0. The quantitative estimate of drug-likeness (QED) is 0.829. The number of thioether (sulfide) groups is 1. The van der Waals surface area contributed by atoms with Crippen molar-refractivity contribution < 1.29 is 0 Å². The van der Waals surface area contributed by atoms with Crippen LogP contribution < -0.4 is 5.32 Å². The third kappa shape index (κ3) is 3.64. The van der Waals surface area contributed by atoms with Crippen LogP contribution in [0.3, 0.4) is 0 Å². The highest BCUT2D eigenvalue weighted by Crippen LogP contribution is 2.30. The molecule has 1 N–H and O–H groups in total. The number of benzene rings is 1. The van der Waals surface area contributed by atoms with Crippen molar-refractivity contribution in [3.8, 4) is 6.07 Å². The molecule has 1 aromatic carbocycles. The second kappa shape index (κ2) is 5.30. The summed E-state index contributed by atoms with van der Waals surface area (Å²) in [5.41, 5.74) is -0.467. The van der Waals surface area contributed by atoms with Crippen molar-refractivity contribution in [1.82, 2.24) is 5.32 Å². The molecule has 1 aliphatic carbocycles. The van der Waals surface area contributed by atoms with E-state index in [1.807, 2.05) is 31.2 Å². The standard InChI is InChI=1S/C13H15ClN2S/c1-13(8-15,16-10-6-7-10)9-17-12-5-3-2-4-11(12)14/h2-5,10,16H,6-7,9H2,1H3. The van der Waals surface area contributed by atoms with Crippen LogP contribution in [-0.2, 0) is 0 Å². The molecule has 1 fully saturated rings. The van der Waals surface area contributed by atoms with Gasteiger partial charge in [0.05, 0.1) is 11.1 Å². The number of nitrogens with zero attached hydrogens (tertiary/aromatic N) is 1. The highest BCUT2D eigenvalue weighted by atomic mass is 35.5. The van der Waals surface area contributed by atoms with Gasteiger partial charge in [0, 0.05) is 16.7 Å². The van der Waals surface area contributed by atoms with Crippen molar-refractivity contribution in [3.05, 3.63) is 29.3 Å². The van der Waals surface area contributed by atoms with Crippen LogP contribution in [0.15, 0.2) is 29.2 Å². The van der Waals surface area contributed by atoms with Crippen LogP contribution in [0.2, 0.25) is 5.02 Å². The Bertz CT molecular complexity index is 439. The zero-order valence-electron chi connectivity index (χ0n) is 9.74. The molecule has 90 valence electrons. The molecule has 1 aromatic rings. The maximum Gasteiger partial charge on any atom is 0.113 e. The molecule has 0 spiro atoms. The first-order chi connectivity index (χ1) is 8.13. The van der Waals surface area contributed by atoms with E-state index in [1.54, 1.807) is 11.8 Å². The lowest BCUT2D eigenvalue weighted by Crippen LogP contribution is -2.44. The molecule has 0 heterocycles. The molecule has 0 aliphatic heterocycles. The molecule has 1 aliphatic rings. The summed E-state index contributed by atoms with van der Waals surface area (Å²) in [6.45, 7) is 1.95. The van der Waals surface area contributed by atoms with Crippen LogP contribution in [0.1, 0.15) is 19.8 Å². The first-order valence-electron chi connectivity index (χ1n) is 5.69. The molecule has 0 amide bonds. The Morgan fingerprint density at radius 1 is 1.53 bits per heavy atom. The summed E-state index contributed by atoms with van der Waals surface area (Å²) in [6, 6.07) is 10.6. The normalized spacial score (nSPS) is 18.4. The maximum absolute atomic E-state index is 9.25. The molecule has 0 bridgehead atoms. The van der Waals surface area contributed by atoms with Gasteiger partial charge in [0.25, 0.3) is 0 Å². The molecule has 0 aromatic heterocycles. The van der Waals surface area contributed by atoms with Crippen LogP contribution in [0.5, 0.6) is 0 Å². The van der Waals surface area contributed by atoms with Crippen molar-refractivity contribution in [1.29, 1.82) is 5.26 Å². The van der Waals surface area contributed by atoms with Gasteiger partial charge in [0.1, 0.15) is 5.54 Å². The molecule has 1 unspecified atom stereocenters. The lowest BCUT2D eigenvalue weighted by molar-refractivity contribution is 0.490. The van der Waals surface area contributed by atoms with E-state index in [9.17, 15) is 5.26 Å². The summed E-state index contributed by atoms with van der Waals surface area (Å²) in [5, 5.41) is 13.4. The second-order valence-corrected chi connectivity index (χ2v) is 6.01. The molecule has 0 saturated heterocycles. The Hall–Kier alpha value is -0.690. The van der Waals surface area contributed by atoms with Crippen molar-refractivity contribution in [2.75, 3.05) is 5.75 Å². The summed E-state index contributed by atoms with van der Waals surface area (Å²) in [4.78, 5) is 1.04. The summed E-state index contributed by atoms with van der Waals surface area (Å²) >= 11 is 7.72. The summed E-state index contributed by atoms with van der Waals surface area (Å²) in [6.07, 6.45) is 2.38. The van der Waals surface area contributed by atoms with Crippen molar-refractivity contribution >= 4 is 23.4 Å². The van der Waals surface area contributed by atoms with Crippen LogP contribution >= 0.6 is 23.4 Å². The maximum atomic E-state index is 9.25. The SMILES string of the molecule is CC(C#N)(CSc1ccccc1Cl)NC1CC1. The number of nitrogens with one attached hydrogen (secondary N) is 1. The zero-order valence-corrected chi connectivity index (χ0v) is 11.3. The van der Waals surface area contributed by atoms with Gasteiger partial charge in [-0.2, -0.15) is 5.26 Å². The lowest BCUT2D eigenvalue weighted by atomic mass is 10.1. The highest BCUT2D eigenvalue weighted by molar-refractivity contribution is 7.99. The smallest absolute Gasteiger partial charge is 0.113 e. The van der Waals surface area contributed by atoms with Gasteiger partial charge in [-0.25, -0.2) is 0 Å². The third-order valence-electron chi connectivity index (χ3n) is 2.70. The van der Waals surface area contributed by atoms with Gasteiger partial charge in [0.2, 0.25) is 0 Å². The largest absolute Gasteiger partial charge is 0.296 e. The Kier molecular flexibility index (Phi) is 3.98. The molecule has 17 heavy (non-hydrogen) atoms. The minimum Gasteiger partial charge on any atom is -0.296 e. The molecule has 1 atom stereocenters. The van der Waals surface area contributed by atoms with Gasteiger partial charge in [-0.05, 0) is 31.9 Å². The first-order valence-corrected chi connectivity index (χ1v) is 7.06. The van der Waals surface area contributed by atoms with E-state index in [0.29, 0.717) is 11.8 Å². The number of hydrogen-bond acceptors (Lipinski definition) is 3. The lowest BCUT2D eigenvalue weighted by Gasteiger charge is -2.22. The fourth-order valence-electron chi connectivity index (χ4n) is 1.57. The van der Waals surface area contributed by atoms with E-state index in [4.69, 9.17) is 11.6 Å². The number of hydrogen-bond donors (Lipinski definition) is 1. The molecule has 1 saturated carbocycles. The van der Waals surface area contributed by atoms with Crippen LogP contribution in [0.25, 0.3) is 0 Å². The van der Waals surface area contributed by atoms with Crippen molar-refractivity contribution in [2.24, 2.45) is 0 Å². The van der Waals surface area contributed by atoms with E-state index in [1.165, 1.54) is 12.8 Å². The average molecular weight is 267 g/mol. The fourth-order valence-corrected chi connectivity index (χ4v) is 2.84. The second-order valence-electron chi connectivity index (χ2n) is 4.58. The molecule has 2 rings (SSSR count). The average Bonchev–Trinajstić information content (AvgIpc) is 3.12. The third-order valence-corrected chi connectivity index (χ3v) is 4.53. The van der Waals surface area contributed by atoms with E-state index in [2.05, 4.69) is 11.4 Å². The molecule has 0 radical (unpaired) electrons. The topological polar surface area (TPSA) is 35.8 Å². The predicted octanol–water partition coefficient (Wildman–Crippen LogP) is 3.47. The van der Waals surface area contributed by atoms with E-state index < -0.39 is 5.54 Å².